The van der Waals surface area contributed by atoms with Gasteiger partial charge in [-0.15, -0.1) is 0 Å². The van der Waals surface area contributed by atoms with E-state index < -0.39 is 11.9 Å². The highest BCUT2D eigenvalue weighted by molar-refractivity contribution is 6.07. The highest BCUT2D eigenvalue weighted by Gasteiger charge is 2.54. The number of aryl methyl sites for hydroxylation is 3. The monoisotopic (exact) mass is 711 g/mol. The van der Waals surface area contributed by atoms with Gasteiger partial charge in [0.15, 0.2) is 5.78 Å². The predicted molar refractivity (Wildman–Crippen MR) is 198 cm³/mol. The van der Waals surface area contributed by atoms with Crippen molar-refractivity contribution in [3.63, 3.8) is 0 Å². The lowest BCUT2D eigenvalue weighted by atomic mass is 9.57. The number of fused-ring (bicyclic) bond motifs is 1. The minimum atomic E-state index is -0.619. The summed E-state index contributed by atoms with van der Waals surface area (Å²) in [7, 11) is 0. The molecule has 4 fully saturated rings. The van der Waals surface area contributed by atoms with Gasteiger partial charge in [0, 0.05) is 78.9 Å². The molecule has 3 heterocycles. The van der Waals surface area contributed by atoms with Gasteiger partial charge in [-0.2, -0.15) is 0 Å². The van der Waals surface area contributed by atoms with Gasteiger partial charge in [0.05, 0.1) is 23.8 Å². The van der Waals surface area contributed by atoms with Crippen LogP contribution in [-0.2, 0) is 21.7 Å². The molecule has 53 heavy (non-hydrogen) atoms. The smallest absolute Gasteiger partial charge is 0.258 e. The number of hydrogen-bond donors (Lipinski definition) is 0. The molecule has 1 atom stereocenters. The molecular formula is C43H42FN5O4. The van der Waals surface area contributed by atoms with Crippen LogP contribution < -0.4 is 9.80 Å². The summed E-state index contributed by atoms with van der Waals surface area (Å²) in [6.07, 6.45) is 4.37. The maximum Gasteiger partial charge on any atom is 0.258 e. The Kier molecular flexibility index (Phi) is 7.67. The molecule has 270 valence electrons. The van der Waals surface area contributed by atoms with Crippen molar-refractivity contribution in [3.05, 3.63) is 106 Å². The number of nitrogens with zero attached hydrogens (tertiary/aromatic N) is 5. The molecule has 10 heteroatoms. The van der Waals surface area contributed by atoms with Gasteiger partial charge in [0.25, 0.3) is 11.4 Å². The quantitative estimate of drug-likeness (QED) is 0.135. The SMILES string of the molecule is [C-]#[N+]C1(c2ccc(N(CC3CC4(C3)CN(c3cc5c(cc3F)C(=O)N(C3CCC(=O)CC3=O)C5)C4)c3cc(-c4c(C)noc4C)ccc3C)cc2)CC1. The van der Waals surface area contributed by atoms with Crippen LogP contribution in [0.5, 0.6) is 0 Å². The number of rotatable bonds is 8. The number of amides is 1. The van der Waals surface area contributed by atoms with Crippen LogP contribution in [0.2, 0.25) is 0 Å². The standard InChI is InChI=1S/C43H42FN5O4/c1-25-5-6-29(40-26(2)46-53-27(40)3)15-37(25)48(32-9-7-31(8-10-32)43(45-4)13-14-43)21-28-19-42(20-28)23-47(24-42)38-16-30-22-49(41(52)34(30)18-35(38)44)36-12-11-33(50)17-39(36)51/h5-10,15-16,18,28,36H,11-14,17,19-24H2,1-3H3. The van der Waals surface area contributed by atoms with Crippen LogP contribution in [0, 0.1) is 44.5 Å². The van der Waals surface area contributed by atoms with Crippen molar-refractivity contribution in [2.75, 3.05) is 29.4 Å². The van der Waals surface area contributed by atoms with Crippen molar-refractivity contribution < 1.29 is 23.3 Å². The maximum absolute atomic E-state index is 15.6. The minimum Gasteiger partial charge on any atom is -0.368 e. The van der Waals surface area contributed by atoms with Crippen molar-refractivity contribution in [1.29, 1.82) is 0 Å². The third kappa shape index (κ3) is 5.55. The van der Waals surface area contributed by atoms with Crippen molar-refractivity contribution in [1.82, 2.24) is 10.1 Å². The Balaban J connectivity index is 0.919. The molecule has 1 aromatic heterocycles. The fraction of sp³-hybridized carbons (Fsp3) is 0.419. The Morgan fingerprint density at radius 1 is 1.02 bits per heavy atom. The number of halogens is 1. The van der Waals surface area contributed by atoms with E-state index in [1.165, 1.54) is 16.5 Å². The molecule has 2 aliphatic heterocycles. The summed E-state index contributed by atoms with van der Waals surface area (Å²) in [6, 6.07) is 17.6. The first-order chi connectivity index (χ1) is 25.5. The number of ketones is 2. The molecule has 1 spiro atoms. The van der Waals surface area contributed by atoms with E-state index in [2.05, 4.69) is 69.2 Å². The molecular weight excluding hydrogens is 670 g/mol. The van der Waals surface area contributed by atoms with Gasteiger partial charge >= 0.3 is 0 Å². The van der Waals surface area contributed by atoms with Gasteiger partial charge in [-0.05, 0) is 105 Å². The predicted octanol–water partition coefficient (Wildman–Crippen LogP) is 8.02. The van der Waals surface area contributed by atoms with Crippen molar-refractivity contribution >= 4 is 34.5 Å². The van der Waals surface area contributed by atoms with Crippen LogP contribution in [0.25, 0.3) is 16.0 Å². The van der Waals surface area contributed by atoms with Crippen molar-refractivity contribution in [2.45, 2.75) is 83.8 Å². The molecule has 1 saturated heterocycles. The van der Waals surface area contributed by atoms with E-state index in [0.717, 1.165) is 90.4 Å². The van der Waals surface area contributed by atoms with Gasteiger partial charge in [-0.3, -0.25) is 14.4 Å². The van der Waals surface area contributed by atoms with E-state index >= 15 is 4.39 Å². The third-order valence-corrected chi connectivity index (χ3v) is 12.6. The average Bonchev–Trinajstić information content (AvgIpc) is 3.76. The summed E-state index contributed by atoms with van der Waals surface area (Å²) in [5.74, 6) is 0.176. The third-order valence-electron chi connectivity index (χ3n) is 12.6. The fourth-order valence-corrected chi connectivity index (χ4v) is 9.60. The van der Waals surface area contributed by atoms with Gasteiger partial charge in [-0.25, -0.2) is 11.0 Å². The van der Waals surface area contributed by atoms with E-state index in [0.29, 0.717) is 23.6 Å². The van der Waals surface area contributed by atoms with E-state index in [-0.39, 0.29) is 47.8 Å². The van der Waals surface area contributed by atoms with Crippen LogP contribution in [-0.4, -0.2) is 53.2 Å². The van der Waals surface area contributed by atoms with Crippen LogP contribution in [0.1, 0.15) is 83.4 Å². The first kappa shape index (κ1) is 33.5. The summed E-state index contributed by atoms with van der Waals surface area (Å²) < 4.78 is 21.1. The second-order valence-electron chi connectivity index (χ2n) is 16.3. The summed E-state index contributed by atoms with van der Waals surface area (Å²) in [4.78, 5) is 47.6. The molecule has 3 saturated carbocycles. The number of Topliss-reactive ketones (excluding diaryl/α,β-unsaturated/α-hetero) is 2. The number of anilines is 3. The molecule has 0 bridgehead atoms. The second-order valence-corrected chi connectivity index (χ2v) is 16.3. The van der Waals surface area contributed by atoms with Crippen molar-refractivity contribution in [3.8, 4) is 11.1 Å². The number of carbonyl (C=O) groups is 3. The highest BCUT2D eigenvalue weighted by atomic mass is 19.1. The first-order valence-corrected chi connectivity index (χ1v) is 18.7. The molecule has 3 aliphatic carbocycles. The first-order valence-electron chi connectivity index (χ1n) is 18.7. The molecule has 0 N–H and O–H groups in total. The maximum atomic E-state index is 15.6. The molecule has 4 aromatic rings. The number of hydrogen-bond acceptors (Lipinski definition) is 7. The number of carbonyl (C=O) groups excluding carboxylic acids is 3. The van der Waals surface area contributed by atoms with Crippen LogP contribution in [0.15, 0.2) is 59.1 Å². The summed E-state index contributed by atoms with van der Waals surface area (Å²) >= 11 is 0. The van der Waals surface area contributed by atoms with Gasteiger partial charge < -0.3 is 24.1 Å². The Morgan fingerprint density at radius 3 is 2.43 bits per heavy atom. The lowest BCUT2D eigenvalue weighted by Gasteiger charge is -2.60. The van der Waals surface area contributed by atoms with Gasteiger partial charge in [0.1, 0.15) is 17.4 Å². The summed E-state index contributed by atoms with van der Waals surface area (Å²) in [5, 5.41) is 4.20. The summed E-state index contributed by atoms with van der Waals surface area (Å²) in [6.45, 7) is 16.4. The Hall–Kier alpha value is -5.30. The van der Waals surface area contributed by atoms with Crippen molar-refractivity contribution in [2.24, 2.45) is 11.3 Å². The Bertz CT molecular complexity index is 2220. The minimum absolute atomic E-state index is 0.0861. The highest BCUT2D eigenvalue weighted by Crippen LogP contribution is 2.55. The number of benzene rings is 3. The molecule has 3 aromatic carbocycles. The molecule has 5 aliphatic rings. The van der Waals surface area contributed by atoms with E-state index in [1.807, 2.05) is 13.8 Å². The normalized spacial score (nSPS) is 21.3. The van der Waals surface area contributed by atoms with Gasteiger partial charge in [0.2, 0.25) is 0 Å². The summed E-state index contributed by atoms with van der Waals surface area (Å²) in [5.41, 5.74) is 8.74. The Morgan fingerprint density at radius 2 is 1.77 bits per heavy atom. The van der Waals surface area contributed by atoms with Crippen LogP contribution in [0.4, 0.5) is 21.5 Å². The molecule has 0 radical (unpaired) electrons. The van der Waals surface area contributed by atoms with E-state index in [4.69, 9.17) is 11.1 Å². The largest absolute Gasteiger partial charge is 0.368 e. The zero-order valence-corrected chi connectivity index (χ0v) is 30.4. The van der Waals surface area contributed by atoms with Gasteiger partial charge in [-0.1, -0.05) is 17.3 Å². The van der Waals surface area contributed by atoms with Crippen LogP contribution in [0.3, 0.4) is 0 Å². The van der Waals surface area contributed by atoms with Crippen LogP contribution >= 0.6 is 0 Å². The average molecular weight is 712 g/mol. The second kappa shape index (κ2) is 12.1. The lowest BCUT2D eigenvalue weighted by Crippen LogP contribution is -2.63. The molecule has 9 rings (SSSR count). The Labute approximate surface area is 308 Å². The molecule has 9 nitrogen and oxygen atoms in total. The zero-order valence-electron chi connectivity index (χ0n) is 30.4. The fourth-order valence-electron chi connectivity index (χ4n) is 9.60. The van der Waals surface area contributed by atoms with E-state index in [1.54, 1.807) is 6.07 Å². The molecule has 1 amide bonds. The van der Waals surface area contributed by atoms with E-state index in [9.17, 15) is 14.4 Å². The topological polar surface area (TPSA) is 91.3 Å². The zero-order chi connectivity index (χ0) is 36.8. The molecule has 1 unspecified atom stereocenters. The number of aromatic nitrogens is 1. The lowest BCUT2D eigenvalue weighted by molar-refractivity contribution is -0.133.